The normalized spacial score (nSPS) is 11.1. The van der Waals surface area contributed by atoms with Gasteiger partial charge in [0.2, 0.25) is 0 Å². The number of aryl methyl sites for hydroxylation is 1. The Morgan fingerprint density at radius 2 is 2.05 bits per heavy atom. The van der Waals surface area contributed by atoms with Crippen molar-refractivity contribution >= 4 is 16.9 Å². The van der Waals surface area contributed by atoms with Gasteiger partial charge in [0.1, 0.15) is 5.56 Å². The quantitative estimate of drug-likeness (QED) is 0.764. The van der Waals surface area contributed by atoms with Gasteiger partial charge in [0.25, 0.3) is 0 Å². The number of hydrogen-bond donors (Lipinski definition) is 1. The first-order valence-corrected chi connectivity index (χ1v) is 5.92. The van der Waals surface area contributed by atoms with E-state index in [0.717, 1.165) is 16.6 Å². The van der Waals surface area contributed by atoms with Crippen LogP contribution in [0, 0.1) is 6.92 Å². The number of nitrogens with zero attached hydrogens (tertiary/aromatic N) is 3. The molecule has 5 nitrogen and oxygen atoms in total. The lowest BCUT2D eigenvalue weighted by molar-refractivity contribution is 0.0696. The summed E-state index contributed by atoms with van der Waals surface area (Å²) in [5.74, 6) is -0.955. The first-order valence-electron chi connectivity index (χ1n) is 5.92. The number of carbonyl (C=O) groups is 1. The maximum absolute atomic E-state index is 11.1. The summed E-state index contributed by atoms with van der Waals surface area (Å²) in [4.78, 5) is 11.1. The molecule has 0 aliphatic heterocycles. The fourth-order valence-corrected chi connectivity index (χ4v) is 2.35. The summed E-state index contributed by atoms with van der Waals surface area (Å²) in [5, 5.41) is 14.3. The minimum Gasteiger partial charge on any atom is -0.478 e. The van der Waals surface area contributed by atoms with Crippen molar-refractivity contribution in [2.75, 3.05) is 0 Å². The van der Waals surface area contributed by atoms with Gasteiger partial charge < -0.3 is 9.67 Å². The van der Waals surface area contributed by atoms with Gasteiger partial charge in [-0.3, -0.25) is 0 Å². The van der Waals surface area contributed by atoms with Gasteiger partial charge in [0.15, 0.2) is 0 Å². The van der Waals surface area contributed by atoms with Gasteiger partial charge in [0, 0.05) is 24.1 Å². The van der Waals surface area contributed by atoms with Crippen LogP contribution in [0.3, 0.4) is 0 Å². The summed E-state index contributed by atoms with van der Waals surface area (Å²) in [6, 6.07) is 7.97. The number of rotatable bonds is 2. The van der Waals surface area contributed by atoms with E-state index in [9.17, 15) is 4.79 Å². The molecule has 0 aliphatic rings. The first kappa shape index (κ1) is 11.5. The largest absolute Gasteiger partial charge is 0.478 e. The number of fused-ring (bicyclic) bond motifs is 1. The van der Waals surface area contributed by atoms with Crippen molar-refractivity contribution in [3.63, 3.8) is 0 Å². The molecule has 0 radical (unpaired) electrons. The minimum absolute atomic E-state index is 0.230. The molecular weight excluding hydrogens is 242 g/mol. The predicted octanol–water partition coefficient (Wildman–Crippen LogP) is 2.37. The van der Waals surface area contributed by atoms with Gasteiger partial charge in [-0.2, -0.15) is 5.10 Å². The fourth-order valence-electron chi connectivity index (χ4n) is 2.35. The molecule has 0 amide bonds. The monoisotopic (exact) mass is 255 g/mol. The molecule has 0 saturated heterocycles. The summed E-state index contributed by atoms with van der Waals surface area (Å²) < 4.78 is 3.68. The van der Waals surface area contributed by atoms with Gasteiger partial charge in [-0.05, 0) is 13.0 Å². The number of carboxylic acid groups (broad SMARTS) is 1. The average molecular weight is 255 g/mol. The summed E-state index contributed by atoms with van der Waals surface area (Å²) in [5.41, 5.74) is 2.84. The van der Waals surface area contributed by atoms with Crippen LogP contribution in [0.15, 0.2) is 36.7 Å². The Kier molecular flexibility index (Phi) is 2.41. The maximum atomic E-state index is 11.1. The van der Waals surface area contributed by atoms with Crippen molar-refractivity contribution in [1.82, 2.24) is 14.3 Å². The molecule has 0 unspecified atom stereocenters. The Morgan fingerprint density at radius 1 is 1.32 bits per heavy atom. The van der Waals surface area contributed by atoms with E-state index in [1.807, 2.05) is 42.1 Å². The number of hydrogen-bond acceptors (Lipinski definition) is 2. The third-order valence-corrected chi connectivity index (χ3v) is 3.34. The van der Waals surface area contributed by atoms with Crippen LogP contribution in [0.4, 0.5) is 0 Å². The van der Waals surface area contributed by atoms with Crippen molar-refractivity contribution in [3.8, 4) is 5.69 Å². The van der Waals surface area contributed by atoms with Crippen LogP contribution in [-0.2, 0) is 7.05 Å². The van der Waals surface area contributed by atoms with E-state index >= 15 is 0 Å². The van der Waals surface area contributed by atoms with E-state index in [4.69, 9.17) is 5.11 Å². The van der Waals surface area contributed by atoms with Crippen molar-refractivity contribution in [2.45, 2.75) is 6.92 Å². The van der Waals surface area contributed by atoms with Gasteiger partial charge in [-0.15, -0.1) is 0 Å². The lowest BCUT2D eigenvalue weighted by Crippen LogP contribution is -2.02. The molecule has 1 aromatic carbocycles. The molecule has 0 spiro atoms. The molecule has 1 N–H and O–H groups in total. The Bertz CT molecular complexity index is 783. The van der Waals surface area contributed by atoms with Gasteiger partial charge in [0.05, 0.1) is 17.6 Å². The summed E-state index contributed by atoms with van der Waals surface area (Å²) in [7, 11) is 1.96. The fraction of sp³-hybridized carbons (Fsp3) is 0.143. The van der Waals surface area contributed by atoms with E-state index in [-0.39, 0.29) is 5.56 Å². The molecule has 2 heterocycles. The summed E-state index contributed by atoms with van der Waals surface area (Å²) in [6.07, 6.45) is 3.34. The molecule has 2 aromatic heterocycles. The van der Waals surface area contributed by atoms with Crippen molar-refractivity contribution in [1.29, 1.82) is 0 Å². The molecule has 3 aromatic rings. The number of aromatic carboxylic acids is 1. The second kappa shape index (κ2) is 3.98. The van der Waals surface area contributed by atoms with E-state index in [0.29, 0.717) is 5.69 Å². The van der Waals surface area contributed by atoms with Crippen molar-refractivity contribution in [3.05, 3.63) is 47.9 Å². The van der Waals surface area contributed by atoms with Crippen LogP contribution in [-0.4, -0.2) is 25.4 Å². The minimum atomic E-state index is -0.955. The predicted molar refractivity (Wildman–Crippen MR) is 71.7 cm³/mol. The molecule has 19 heavy (non-hydrogen) atoms. The van der Waals surface area contributed by atoms with Crippen LogP contribution in [0.25, 0.3) is 16.6 Å². The second-order valence-electron chi connectivity index (χ2n) is 4.50. The number of aromatic nitrogens is 3. The van der Waals surface area contributed by atoms with Crippen molar-refractivity contribution < 1.29 is 9.90 Å². The first-order chi connectivity index (χ1) is 9.09. The molecule has 0 bridgehead atoms. The Labute approximate surface area is 109 Å². The SMILES string of the molecule is Cc1c(C(=O)O)cnn1-c1cn(C)c2ccccc12. The van der Waals surface area contributed by atoms with Crippen LogP contribution in [0.5, 0.6) is 0 Å². The Balaban J connectivity index is 2.28. The number of para-hydroxylation sites is 1. The maximum Gasteiger partial charge on any atom is 0.339 e. The zero-order valence-corrected chi connectivity index (χ0v) is 10.7. The van der Waals surface area contributed by atoms with Gasteiger partial charge in [-0.25, -0.2) is 9.48 Å². The lowest BCUT2D eigenvalue weighted by Gasteiger charge is -2.02. The van der Waals surface area contributed by atoms with E-state index in [1.165, 1.54) is 6.20 Å². The standard InChI is InChI=1S/C14H13N3O2/c1-9-11(14(18)19)7-15-17(9)13-8-16(2)12-6-4-3-5-10(12)13/h3-8H,1-2H3,(H,18,19). The molecule has 96 valence electrons. The highest BCUT2D eigenvalue weighted by Crippen LogP contribution is 2.25. The highest BCUT2D eigenvalue weighted by atomic mass is 16.4. The van der Waals surface area contributed by atoms with Gasteiger partial charge >= 0.3 is 5.97 Å². The van der Waals surface area contributed by atoms with Crippen LogP contribution >= 0.6 is 0 Å². The molecule has 3 rings (SSSR count). The van der Waals surface area contributed by atoms with Crippen molar-refractivity contribution in [2.24, 2.45) is 7.05 Å². The van der Waals surface area contributed by atoms with E-state index in [2.05, 4.69) is 5.10 Å². The molecule has 0 saturated carbocycles. The molecule has 0 atom stereocenters. The zero-order chi connectivity index (χ0) is 13.6. The highest BCUT2D eigenvalue weighted by Gasteiger charge is 2.16. The average Bonchev–Trinajstić information content (AvgIpc) is 2.91. The van der Waals surface area contributed by atoms with E-state index < -0.39 is 5.97 Å². The Morgan fingerprint density at radius 3 is 2.74 bits per heavy atom. The second-order valence-corrected chi connectivity index (χ2v) is 4.50. The van der Waals surface area contributed by atoms with Gasteiger partial charge in [-0.1, -0.05) is 18.2 Å². The summed E-state index contributed by atoms with van der Waals surface area (Å²) in [6.45, 7) is 1.76. The third-order valence-electron chi connectivity index (χ3n) is 3.34. The zero-order valence-electron chi connectivity index (χ0n) is 10.7. The highest BCUT2D eigenvalue weighted by molar-refractivity contribution is 5.91. The van der Waals surface area contributed by atoms with Crippen LogP contribution in [0.2, 0.25) is 0 Å². The molecular formula is C14H13N3O2. The number of benzene rings is 1. The third kappa shape index (κ3) is 1.62. The lowest BCUT2D eigenvalue weighted by atomic mass is 10.2. The number of carboxylic acids is 1. The molecule has 5 heteroatoms. The van der Waals surface area contributed by atoms with E-state index in [1.54, 1.807) is 11.6 Å². The summed E-state index contributed by atoms with van der Waals surface area (Å²) >= 11 is 0. The molecule has 0 fully saturated rings. The van der Waals surface area contributed by atoms with Crippen LogP contribution < -0.4 is 0 Å². The Hall–Kier alpha value is -2.56. The topological polar surface area (TPSA) is 60.0 Å². The van der Waals surface area contributed by atoms with Crippen LogP contribution in [0.1, 0.15) is 16.1 Å². The smallest absolute Gasteiger partial charge is 0.339 e. The molecule has 0 aliphatic carbocycles.